The Bertz CT molecular complexity index is 784. The van der Waals surface area contributed by atoms with E-state index >= 15 is 0 Å². The smallest absolute Gasteiger partial charge is 0.260 e. The van der Waals surface area contributed by atoms with E-state index in [9.17, 15) is 9.18 Å². The van der Waals surface area contributed by atoms with Crippen LogP contribution in [-0.4, -0.2) is 31.6 Å². The van der Waals surface area contributed by atoms with Gasteiger partial charge in [0.05, 0.1) is 24.8 Å². The first-order valence-electron chi connectivity index (χ1n) is 7.68. The van der Waals surface area contributed by atoms with Gasteiger partial charge in [-0.3, -0.25) is 4.79 Å². The van der Waals surface area contributed by atoms with E-state index in [2.05, 4.69) is 0 Å². The zero-order valence-electron chi connectivity index (χ0n) is 14.3. The second kappa shape index (κ2) is 8.15. The minimum absolute atomic E-state index is 0.176. The zero-order chi connectivity index (χ0) is 18.4. The number of halogens is 1. The highest BCUT2D eigenvalue weighted by Crippen LogP contribution is 2.28. The molecule has 5 nitrogen and oxygen atoms in total. The molecule has 0 radical (unpaired) electrons. The lowest BCUT2D eigenvalue weighted by molar-refractivity contribution is -0.134. The van der Waals surface area contributed by atoms with E-state index in [0.29, 0.717) is 17.1 Å². The topological polar surface area (TPSA) is 62.6 Å². The van der Waals surface area contributed by atoms with Crippen molar-refractivity contribution in [3.63, 3.8) is 0 Å². The van der Waals surface area contributed by atoms with Gasteiger partial charge in [-0.05, 0) is 36.8 Å². The van der Waals surface area contributed by atoms with Gasteiger partial charge in [-0.25, -0.2) is 4.39 Å². The summed E-state index contributed by atoms with van der Waals surface area (Å²) in [5.74, 6) is 0.225. The molecular weight excluding hydrogens is 323 g/mol. The third-order valence-corrected chi connectivity index (χ3v) is 3.97. The van der Waals surface area contributed by atoms with Crippen molar-refractivity contribution in [2.24, 2.45) is 0 Å². The van der Waals surface area contributed by atoms with Crippen LogP contribution in [0.25, 0.3) is 0 Å². The molecule has 0 heterocycles. The van der Waals surface area contributed by atoms with Crippen molar-refractivity contribution in [3.05, 3.63) is 59.4 Å². The average Bonchev–Trinajstić information content (AvgIpc) is 2.65. The van der Waals surface area contributed by atoms with Crippen LogP contribution in [0.4, 0.5) is 4.39 Å². The monoisotopic (exact) mass is 342 g/mol. The second-order valence-electron chi connectivity index (χ2n) is 5.50. The number of carbonyl (C=O) groups excluding carboxylic acids is 1. The quantitative estimate of drug-likeness (QED) is 0.808. The Morgan fingerprint density at radius 3 is 2.52 bits per heavy atom. The lowest BCUT2D eigenvalue weighted by Gasteiger charge is -2.25. The van der Waals surface area contributed by atoms with Crippen molar-refractivity contribution in [3.8, 4) is 17.6 Å². The Balaban J connectivity index is 2.02. The highest BCUT2D eigenvalue weighted by molar-refractivity contribution is 5.78. The molecule has 0 saturated carbocycles. The first-order chi connectivity index (χ1) is 12.0. The van der Waals surface area contributed by atoms with E-state index in [1.807, 2.05) is 13.0 Å². The number of nitriles is 1. The van der Waals surface area contributed by atoms with E-state index < -0.39 is 0 Å². The van der Waals surface area contributed by atoms with Crippen molar-refractivity contribution in [2.45, 2.75) is 13.0 Å². The number of rotatable bonds is 6. The molecule has 0 fully saturated rings. The molecule has 0 aliphatic carbocycles. The van der Waals surface area contributed by atoms with Gasteiger partial charge in [-0.1, -0.05) is 12.1 Å². The molecule has 6 heteroatoms. The number of ether oxygens (including phenoxy) is 2. The van der Waals surface area contributed by atoms with Crippen molar-refractivity contribution in [2.75, 3.05) is 20.8 Å². The van der Waals surface area contributed by atoms with Crippen LogP contribution < -0.4 is 9.47 Å². The van der Waals surface area contributed by atoms with Crippen LogP contribution >= 0.6 is 0 Å². The van der Waals surface area contributed by atoms with E-state index in [1.54, 1.807) is 37.4 Å². The van der Waals surface area contributed by atoms with Gasteiger partial charge in [-0.2, -0.15) is 5.26 Å². The number of hydrogen-bond acceptors (Lipinski definition) is 4. The van der Waals surface area contributed by atoms with Crippen molar-refractivity contribution < 1.29 is 18.7 Å². The van der Waals surface area contributed by atoms with Gasteiger partial charge < -0.3 is 14.4 Å². The molecule has 0 spiro atoms. The van der Waals surface area contributed by atoms with E-state index in [0.717, 1.165) is 5.56 Å². The van der Waals surface area contributed by atoms with E-state index in [-0.39, 0.29) is 24.4 Å². The van der Waals surface area contributed by atoms with Gasteiger partial charge in [0.1, 0.15) is 5.82 Å². The molecule has 2 aromatic carbocycles. The van der Waals surface area contributed by atoms with Crippen LogP contribution in [0, 0.1) is 17.1 Å². The summed E-state index contributed by atoms with van der Waals surface area (Å²) in [7, 11) is 3.13. The number of nitrogens with zero attached hydrogens (tertiary/aromatic N) is 2. The molecule has 0 aliphatic rings. The maximum atomic E-state index is 13.0. The van der Waals surface area contributed by atoms with Crippen LogP contribution in [0.2, 0.25) is 0 Å². The van der Waals surface area contributed by atoms with Crippen LogP contribution in [0.5, 0.6) is 11.5 Å². The largest absolute Gasteiger partial charge is 0.493 e. The number of hydrogen-bond donors (Lipinski definition) is 0. The summed E-state index contributed by atoms with van der Waals surface area (Å²) in [6.07, 6.45) is 0. The lowest BCUT2D eigenvalue weighted by Crippen LogP contribution is -2.33. The molecule has 0 aliphatic heterocycles. The van der Waals surface area contributed by atoms with Gasteiger partial charge in [0.2, 0.25) is 0 Å². The normalized spacial score (nSPS) is 11.3. The third kappa shape index (κ3) is 4.48. The summed E-state index contributed by atoms with van der Waals surface area (Å²) in [6, 6.07) is 12.5. The summed E-state index contributed by atoms with van der Waals surface area (Å²) in [4.78, 5) is 13.9. The Morgan fingerprint density at radius 1 is 1.24 bits per heavy atom. The standard InChI is InChI=1S/C19H19FN2O3/c1-13(15-5-7-16(20)8-6-15)22(2)19(23)12-25-17-9-4-14(11-21)10-18(17)24-3/h4-10,13H,12H2,1-3H3/t13-/m0/s1. The summed E-state index contributed by atoms with van der Waals surface area (Å²) >= 11 is 0. The summed E-state index contributed by atoms with van der Waals surface area (Å²) < 4.78 is 23.7. The maximum Gasteiger partial charge on any atom is 0.260 e. The van der Waals surface area contributed by atoms with Gasteiger partial charge in [0.25, 0.3) is 5.91 Å². The van der Waals surface area contributed by atoms with Crippen LogP contribution in [0.1, 0.15) is 24.1 Å². The molecule has 0 N–H and O–H groups in total. The molecule has 130 valence electrons. The number of carbonyl (C=O) groups is 1. The first kappa shape index (κ1) is 18.3. The van der Waals surface area contributed by atoms with E-state index in [4.69, 9.17) is 14.7 Å². The average molecular weight is 342 g/mol. The molecule has 1 atom stereocenters. The Hall–Kier alpha value is -3.07. The zero-order valence-corrected chi connectivity index (χ0v) is 14.3. The van der Waals surface area contributed by atoms with Crippen molar-refractivity contribution in [1.82, 2.24) is 4.90 Å². The molecule has 0 saturated heterocycles. The fourth-order valence-corrected chi connectivity index (χ4v) is 2.28. The predicted molar refractivity (Wildman–Crippen MR) is 90.8 cm³/mol. The Kier molecular flexibility index (Phi) is 5.96. The maximum absolute atomic E-state index is 13.0. The Morgan fingerprint density at radius 2 is 1.92 bits per heavy atom. The third-order valence-electron chi connectivity index (χ3n) is 3.97. The van der Waals surface area contributed by atoms with Gasteiger partial charge >= 0.3 is 0 Å². The van der Waals surface area contributed by atoms with Gasteiger partial charge in [0, 0.05) is 13.1 Å². The van der Waals surface area contributed by atoms with E-state index in [1.165, 1.54) is 24.1 Å². The molecule has 0 bridgehead atoms. The molecule has 1 amide bonds. The lowest BCUT2D eigenvalue weighted by atomic mass is 10.1. The highest BCUT2D eigenvalue weighted by Gasteiger charge is 2.18. The number of methoxy groups -OCH3 is 1. The summed E-state index contributed by atoms with van der Waals surface area (Å²) in [6.45, 7) is 1.68. The minimum Gasteiger partial charge on any atom is -0.493 e. The number of likely N-dealkylation sites (N-methyl/N-ethyl adjacent to an activating group) is 1. The second-order valence-corrected chi connectivity index (χ2v) is 5.50. The molecule has 0 unspecified atom stereocenters. The van der Waals surface area contributed by atoms with Crippen molar-refractivity contribution >= 4 is 5.91 Å². The van der Waals surface area contributed by atoms with Crippen LogP contribution in [-0.2, 0) is 4.79 Å². The molecule has 2 aromatic rings. The van der Waals surface area contributed by atoms with Gasteiger partial charge in [-0.15, -0.1) is 0 Å². The highest BCUT2D eigenvalue weighted by atomic mass is 19.1. The molecule has 0 aromatic heterocycles. The van der Waals surface area contributed by atoms with Gasteiger partial charge in [0.15, 0.2) is 18.1 Å². The summed E-state index contributed by atoms with van der Waals surface area (Å²) in [5, 5.41) is 8.90. The first-order valence-corrected chi connectivity index (χ1v) is 7.68. The minimum atomic E-state index is -0.318. The number of amides is 1. The van der Waals surface area contributed by atoms with Crippen molar-refractivity contribution in [1.29, 1.82) is 5.26 Å². The predicted octanol–water partition coefficient (Wildman–Crippen LogP) is 3.30. The molecule has 2 rings (SSSR count). The fourth-order valence-electron chi connectivity index (χ4n) is 2.28. The molecular formula is C19H19FN2O3. The Labute approximate surface area is 146 Å². The van der Waals surface area contributed by atoms with Crippen LogP contribution in [0.3, 0.4) is 0 Å². The SMILES string of the molecule is COc1cc(C#N)ccc1OCC(=O)N(C)[C@@H](C)c1ccc(F)cc1. The van der Waals surface area contributed by atoms with Crippen LogP contribution in [0.15, 0.2) is 42.5 Å². The molecule has 25 heavy (non-hydrogen) atoms. The summed E-state index contributed by atoms with van der Waals surface area (Å²) in [5.41, 5.74) is 1.27. The fraction of sp³-hybridized carbons (Fsp3) is 0.263. The number of benzene rings is 2.